The Morgan fingerprint density at radius 2 is 2.08 bits per heavy atom. The summed E-state index contributed by atoms with van der Waals surface area (Å²) in [5.74, 6) is 1.79. The molecule has 3 aromatic heterocycles. The fourth-order valence-electron chi connectivity index (χ4n) is 3.46. The molecular weight excluding hydrogens is 396 g/mol. The van der Waals surface area contributed by atoms with Crippen LogP contribution in [0.4, 0.5) is 5.82 Å². The number of anilines is 1. The van der Waals surface area contributed by atoms with Crippen molar-refractivity contribution in [1.29, 1.82) is 0 Å². The number of hydrogen-bond acceptors (Lipinski definition) is 6. The van der Waals surface area contributed by atoms with Crippen LogP contribution in [0.25, 0.3) is 22.2 Å². The third-order valence-electron chi connectivity index (χ3n) is 4.76. The number of furan rings is 1. The Morgan fingerprint density at radius 3 is 2.92 bits per heavy atom. The van der Waals surface area contributed by atoms with Crippen molar-refractivity contribution in [3.05, 3.63) is 46.9 Å². The van der Waals surface area contributed by atoms with Crippen molar-refractivity contribution in [2.75, 3.05) is 31.2 Å². The summed E-state index contributed by atoms with van der Waals surface area (Å²) >= 11 is 3.57. The average Bonchev–Trinajstić information content (AvgIpc) is 3.06. The molecule has 0 amide bonds. The van der Waals surface area contributed by atoms with E-state index in [0.717, 1.165) is 46.5 Å². The molecule has 2 aliphatic rings. The van der Waals surface area contributed by atoms with Crippen molar-refractivity contribution in [2.45, 2.75) is 12.3 Å². The molecule has 6 nitrogen and oxygen atoms in total. The molecule has 1 fully saturated rings. The first kappa shape index (κ1) is 16.0. The molecule has 0 spiro atoms. The Labute approximate surface area is 158 Å². The van der Waals surface area contributed by atoms with Crippen molar-refractivity contribution in [3.8, 4) is 0 Å². The summed E-state index contributed by atoms with van der Waals surface area (Å²) in [6, 6.07) is 3.91. The van der Waals surface area contributed by atoms with Crippen molar-refractivity contribution >= 4 is 43.9 Å². The normalized spacial score (nSPS) is 20.7. The van der Waals surface area contributed by atoms with Crippen molar-refractivity contribution in [3.63, 3.8) is 0 Å². The minimum atomic E-state index is 0.139. The van der Waals surface area contributed by atoms with Crippen molar-refractivity contribution in [2.24, 2.45) is 0 Å². The van der Waals surface area contributed by atoms with E-state index >= 15 is 0 Å². The highest BCUT2D eigenvalue weighted by molar-refractivity contribution is 9.11. The van der Waals surface area contributed by atoms with Gasteiger partial charge in [0.25, 0.3) is 0 Å². The largest absolute Gasteiger partial charge is 0.432 e. The van der Waals surface area contributed by atoms with Crippen LogP contribution in [0.1, 0.15) is 18.2 Å². The highest BCUT2D eigenvalue weighted by Gasteiger charge is 2.24. The Hall–Kier alpha value is -2.25. The van der Waals surface area contributed by atoms with Crippen LogP contribution in [0.3, 0.4) is 0 Å². The van der Waals surface area contributed by atoms with Gasteiger partial charge in [-0.1, -0.05) is 34.2 Å². The molecule has 0 aromatic carbocycles. The summed E-state index contributed by atoms with van der Waals surface area (Å²) in [6.45, 7) is 2.97. The molecule has 26 heavy (non-hydrogen) atoms. The summed E-state index contributed by atoms with van der Waals surface area (Å²) in [7, 11) is 0. The second kappa shape index (κ2) is 6.48. The van der Waals surface area contributed by atoms with Gasteiger partial charge < -0.3 is 14.1 Å². The molecule has 1 aliphatic carbocycles. The molecule has 0 N–H and O–H groups in total. The molecule has 1 atom stereocenters. The minimum absolute atomic E-state index is 0.139. The molecule has 0 saturated carbocycles. The van der Waals surface area contributed by atoms with Gasteiger partial charge in [0.2, 0.25) is 5.71 Å². The lowest BCUT2D eigenvalue weighted by molar-refractivity contribution is 0.122. The standard InChI is InChI=1S/C19H17BrN4O2/c20-13-4-1-3-12(11-13)17-22-15-14-5-2-6-21-19(14)26-16(15)18(23-17)24-7-9-25-10-8-24/h1-2,4-6,11-12H,3,7-10H2. The number of allylic oxidation sites excluding steroid dienone is 4. The van der Waals surface area contributed by atoms with Crippen molar-refractivity contribution < 1.29 is 9.15 Å². The zero-order valence-corrected chi connectivity index (χ0v) is 15.6. The Morgan fingerprint density at radius 1 is 1.19 bits per heavy atom. The van der Waals surface area contributed by atoms with Gasteiger partial charge in [-0.3, -0.25) is 0 Å². The number of pyridine rings is 1. The zero-order chi connectivity index (χ0) is 17.5. The van der Waals surface area contributed by atoms with E-state index in [1.165, 1.54) is 0 Å². The smallest absolute Gasteiger partial charge is 0.229 e. The first-order valence-electron chi connectivity index (χ1n) is 8.71. The number of fused-ring (bicyclic) bond motifs is 3. The predicted octanol–water partition coefficient (Wildman–Crippen LogP) is 3.93. The van der Waals surface area contributed by atoms with E-state index in [9.17, 15) is 0 Å². The molecule has 0 radical (unpaired) electrons. The van der Waals surface area contributed by atoms with Crippen LogP contribution in [0.2, 0.25) is 0 Å². The lowest BCUT2D eigenvalue weighted by Gasteiger charge is -2.28. The molecule has 4 heterocycles. The van der Waals surface area contributed by atoms with E-state index in [1.807, 2.05) is 12.1 Å². The molecule has 5 rings (SSSR count). The first-order valence-corrected chi connectivity index (χ1v) is 9.50. The zero-order valence-electron chi connectivity index (χ0n) is 14.1. The second-order valence-corrected chi connectivity index (χ2v) is 7.35. The number of halogens is 1. The van der Waals surface area contributed by atoms with E-state index in [1.54, 1.807) is 6.20 Å². The molecule has 132 valence electrons. The van der Waals surface area contributed by atoms with E-state index < -0.39 is 0 Å². The topological polar surface area (TPSA) is 64.3 Å². The van der Waals surface area contributed by atoms with Gasteiger partial charge in [0.05, 0.1) is 18.6 Å². The summed E-state index contributed by atoms with van der Waals surface area (Å²) in [5.41, 5.74) is 2.14. The Bertz CT molecular complexity index is 1040. The van der Waals surface area contributed by atoms with E-state index in [0.29, 0.717) is 24.5 Å². The molecule has 1 aliphatic heterocycles. The van der Waals surface area contributed by atoms with Crippen LogP contribution in [0, 0.1) is 0 Å². The third kappa shape index (κ3) is 2.71. The number of rotatable bonds is 2. The van der Waals surface area contributed by atoms with Crippen LogP contribution in [-0.2, 0) is 4.74 Å². The predicted molar refractivity (Wildman–Crippen MR) is 104 cm³/mol. The fraction of sp³-hybridized carbons (Fsp3) is 0.316. The van der Waals surface area contributed by atoms with E-state index in [-0.39, 0.29) is 5.92 Å². The molecular formula is C19H17BrN4O2. The average molecular weight is 413 g/mol. The van der Waals surface area contributed by atoms with Crippen LogP contribution in [0.15, 0.2) is 45.5 Å². The van der Waals surface area contributed by atoms with Crippen LogP contribution < -0.4 is 4.90 Å². The van der Waals surface area contributed by atoms with Gasteiger partial charge in [-0.05, 0) is 18.6 Å². The summed E-state index contributed by atoms with van der Waals surface area (Å²) in [4.78, 5) is 16.4. The second-order valence-electron chi connectivity index (χ2n) is 6.44. The lowest BCUT2D eigenvalue weighted by Crippen LogP contribution is -2.37. The van der Waals surface area contributed by atoms with Crippen molar-refractivity contribution in [1.82, 2.24) is 15.0 Å². The first-order chi connectivity index (χ1) is 12.8. The van der Waals surface area contributed by atoms with Gasteiger partial charge >= 0.3 is 0 Å². The van der Waals surface area contributed by atoms with E-state index in [2.05, 4.69) is 44.0 Å². The highest BCUT2D eigenvalue weighted by Crippen LogP contribution is 2.35. The summed E-state index contributed by atoms with van der Waals surface area (Å²) in [5, 5.41) is 0.926. The number of aromatic nitrogens is 3. The quantitative estimate of drug-likeness (QED) is 0.635. The van der Waals surface area contributed by atoms with Gasteiger partial charge in [0, 0.05) is 29.7 Å². The van der Waals surface area contributed by atoms with Gasteiger partial charge in [-0.25, -0.2) is 15.0 Å². The third-order valence-corrected chi connectivity index (χ3v) is 5.29. The van der Waals surface area contributed by atoms with Crippen LogP contribution in [0.5, 0.6) is 0 Å². The molecule has 1 unspecified atom stereocenters. The Balaban J connectivity index is 1.73. The Kier molecular flexibility index (Phi) is 3.98. The maximum absolute atomic E-state index is 6.04. The fourth-order valence-corrected chi connectivity index (χ4v) is 3.97. The number of morpholine rings is 1. The molecule has 0 bridgehead atoms. The number of hydrogen-bond donors (Lipinski definition) is 0. The minimum Gasteiger partial charge on any atom is -0.432 e. The maximum atomic E-state index is 6.04. The number of nitrogens with zero attached hydrogens (tertiary/aromatic N) is 4. The maximum Gasteiger partial charge on any atom is 0.229 e. The number of ether oxygens (including phenoxy) is 1. The van der Waals surface area contributed by atoms with Gasteiger partial charge in [-0.15, -0.1) is 0 Å². The molecule has 3 aromatic rings. The molecule has 1 saturated heterocycles. The highest BCUT2D eigenvalue weighted by atomic mass is 79.9. The monoisotopic (exact) mass is 412 g/mol. The van der Waals surface area contributed by atoms with Gasteiger partial charge in [0.1, 0.15) is 11.3 Å². The van der Waals surface area contributed by atoms with Crippen LogP contribution in [-0.4, -0.2) is 41.3 Å². The van der Waals surface area contributed by atoms with Gasteiger partial charge in [-0.2, -0.15) is 0 Å². The summed E-state index contributed by atoms with van der Waals surface area (Å²) < 4.78 is 12.6. The SMILES string of the molecule is BrC1=CC(c2nc(N3CCOCC3)c3oc4ncccc4c3n2)CC=C1. The lowest BCUT2D eigenvalue weighted by atomic mass is 10.00. The van der Waals surface area contributed by atoms with E-state index in [4.69, 9.17) is 19.1 Å². The van der Waals surface area contributed by atoms with Gasteiger partial charge in [0.15, 0.2) is 11.4 Å². The molecule has 7 heteroatoms. The van der Waals surface area contributed by atoms with Crippen LogP contribution >= 0.6 is 15.9 Å². The summed E-state index contributed by atoms with van der Waals surface area (Å²) in [6.07, 6.45) is 8.99.